The summed E-state index contributed by atoms with van der Waals surface area (Å²) in [6.07, 6.45) is 0.734. The fourth-order valence-corrected chi connectivity index (χ4v) is 4.09. The molecule has 0 aromatic heterocycles. The number of carbonyl (C=O) groups is 2. The number of hydrogen-bond donors (Lipinski definition) is 1. The van der Waals surface area contributed by atoms with Gasteiger partial charge in [0.05, 0.1) is 17.9 Å². The minimum absolute atomic E-state index is 0.0549. The Morgan fingerprint density at radius 1 is 1.13 bits per heavy atom. The molecule has 0 radical (unpaired) electrons. The highest BCUT2D eigenvalue weighted by atomic mass is 35.5. The van der Waals surface area contributed by atoms with Crippen LogP contribution in [-0.2, 0) is 4.79 Å². The van der Waals surface area contributed by atoms with Crippen molar-refractivity contribution < 1.29 is 23.1 Å². The lowest BCUT2D eigenvalue weighted by atomic mass is 9.96. The Balaban J connectivity index is 1.39. The Bertz CT molecular complexity index is 1010. The molecule has 0 bridgehead atoms. The first-order chi connectivity index (χ1) is 14.8. The lowest BCUT2D eigenvalue weighted by Crippen LogP contribution is -2.51. The van der Waals surface area contributed by atoms with Gasteiger partial charge in [0.2, 0.25) is 5.91 Å². The Morgan fingerprint density at radius 2 is 1.87 bits per heavy atom. The maximum absolute atomic E-state index is 13.8. The van der Waals surface area contributed by atoms with E-state index in [0.29, 0.717) is 48.9 Å². The summed E-state index contributed by atoms with van der Waals surface area (Å²) in [6, 6.07) is 8.02. The van der Waals surface area contributed by atoms with Gasteiger partial charge in [0.15, 0.2) is 0 Å². The largest absolute Gasteiger partial charge is 0.487 e. The normalized spacial score (nSPS) is 18.9. The number of urea groups is 1. The smallest absolute Gasteiger partial charge is 0.324 e. The molecule has 1 N–H and O–H groups in total. The van der Waals surface area contributed by atoms with E-state index in [2.05, 4.69) is 5.32 Å². The molecule has 0 spiro atoms. The molecule has 164 valence electrons. The van der Waals surface area contributed by atoms with Crippen molar-refractivity contribution in [3.8, 4) is 5.75 Å². The number of hydrogen-bond acceptors (Lipinski definition) is 3. The molecule has 1 unspecified atom stereocenters. The zero-order valence-corrected chi connectivity index (χ0v) is 17.7. The lowest BCUT2D eigenvalue weighted by Gasteiger charge is -2.39. The molecule has 2 heterocycles. The van der Waals surface area contributed by atoms with Gasteiger partial charge in [-0.2, -0.15) is 0 Å². The first kappa shape index (κ1) is 21.4. The van der Waals surface area contributed by atoms with Crippen LogP contribution in [0.15, 0.2) is 36.4 Å². The average molecular weight is 450 g/mol. The number of benzene rings is 2. The summed E-state index contributed by atoms with van der Waals surface area (Å²) in [5, 5.41) is 3.03. The molecule has 31 heavy (non-hydrogen) atoms. The van der Waals surface area contributed by atoms with E-state index in [1.165, 1.54) is 6.07 Å². The second-order valence-electron chi connectivity index (χ2n) is 7.81. The number of anilines is 2. The summed E-state index contributed by atoms with van der Waals surface area (Å²) in [4.78, 5) is 29.1. The van der Waals surface area contributed by atoms with Gasteiger partial charge in [0.1, 0.15) is 23.5 Å². The SMILES string of the molecule is CC1CN(C(=O)N2CCC(C(=O)Nc3ccc(F)cc3F)CC2)c2cc(Cl)ccc2O1. The monoisotopic (exact) mass is 449 g/mol. The summed E-state index contributed by atoms with van der Waals surface area (Å²) < 4.78 is 32.6. The zero-order valence-electron chi connectivity index (χ0n) is 16.9. The highest BCUT2D eigenvalue weighted by Crippen LogP contribution is 2.36. The van der Waals surface area contributed by atoms with Crippen molar-refractivity contribution in [2.75, 3.05) is 29.9 Å². The summed E-state index contributed by atoms with van der Waals surface area (Å²) >= 11 is 6.11. The Hall–Kier alpha value is -2.87. The van der Waals surface area contributed by atoms with Crippen molar-refractivity contribution in [3.63, 3.8) is 0 Å². The van der Waals surface area contributed by atoms with Crippen molar-refractivity contribution in [3.05, 3.63) is 53.1 Å². The number of amides is 3. The molecule has 0 saturated carbocycles. The molecule has 3 amide bonds. The summed E-state index contributed by atoms with van der Waals surface area (Å²) in [5.41, 5.74) is 0.572. The summed E-state index contributed by atoms with van der Waals surface area (Å²) in [6.45, 7) is 3.08. The van der Waals surface area contributed by atoms with E-state index in [9.17, 15) is 18.4 Å². The standard InChI is InChI=1S/C22H22ClF2N3O3/c1-13-12-28(19-10-15(23)2-5-20(19)31-13)22(30)27-8-6-14(7-9-27)21(29)26-18-4-3-16(24)11-17(18)25/h2-5,10-11,13-14H,6-9,12H2,1H3,(H,26,29). The van der Waals surface area contributed by atoms with Gasteiger partial charge < -0.3 is 15.0 Å². The van der Waals surface area contributed by atoms with Crippen molar-refractivity contribution in [2.24, 2.45) is 5.92 Å². The van der Waals surface area contributed by atoms with Gasteiger partial charge in [-0.05, 0) is 50.1 Å². The van der Waals surface area contributed by atoms with E-state index in [0.717, 1.165) is 12.1 Å². The van der Waals surface area contributed by atoms with Gasteiger partial charge in [-0.3, -0.25) is 9.69 Å². The van der Waals surface area contributed by atoms with Crippen LogP contribution in [0.1, 0.15) is 19.8 Å². The fraction of sp³-hybridized carbons (Fsp3) is 0.364. The number of ether oxygens (including phenoxy) is 1. The molecule has 1 fully saturated rings. The van der Waals surface area contributed by atoms with Gasteiger partial charge in [-0.15, -0.1) is 0 Å². The molecule has 2 aliphatic rings. The van der Waals surface area contributed by atoms with E-state index in [-0.39, 0.29) is 29.6 Å². The van der Waals surface area contributed by atoms with Gasteiger partial charge >= 0.3 is 6.03 Å². The number of piperidine rings is 1. The van der Waals surface area contributed by atoms with E-state index in [1.807, 2.05) is 6.92 Å². The number of likely N-dealkylation sites (tertiary alicyclic amines) is 1. The first-order valence-corrected chi connectivity index (χ1v) is 10.5. The molecule has 2 aromatic rings. The number of fused-ring (bicyclic) bond motifs is 1. The summed E-state index contributed by atoms with van der Waals surface area (Å²) in [5.74, 6) is -1.62. The molecule has 9 heteroatoms. The minimum atomic E-state index is -0.820. The van der Waals surface area contributed by atoms with Gasteiger partial charge in [0, 0.05) is 30.1 Å². The molecule has 0 aliphatic carbocycles. The zero-order chi connectivity index (χ0) is 22.1. The predicted molar refractivity (Wildman–Crippen MR) is 114 cm³/mol. The molecule has 6 nitrogen and oxygen atoms in total. The number of rotatable bonds is 2. The average Bonchev–Trinajstić information content (AvgIpc) is 2.75. The van der Waals surface area contributed by atoms with E-state index in [4.69, 9.17) is 16.3 Å². The molecular formula is C22H22ClF2N3O3. The summed E-state index contributed by atoms with van der Waals surface area (Å²) in [7, 11) is 0. The van der Waals surface area contributed by atoms with Crippen molar-refractivity contribution in [1.29, 1.82) is 0 Å². The minimum Gasteiger partial charge on any atom is -0.487 e. The highest BCUT2D eigenvalue weighted by Gasteiger charge is 2.34. The van der Waals surface area contributed by atoms with Crippen LogP contribution in [0.4, 0.5) is 25.0 Å². The third-order valence-corrected chi connectivity index (χ3v) is 5.77. The topological polar surface area (TPSA) is 61.9 Å². The quantitative estimate of drug-likeness (QED) is 0.724. The van der Waals surface area contributed by atoms with Crippen LogP contribution >= 0.6 is 11.6 Å². The second-order valence-corrected chi connectivity index (χ2v) is 8.24. The maximum atomic E-state index is 13.8. The third kappa shape index (κ3) is 4.58. The predicted octanol–water partition coefficient (Wildman–Crippen LogP) is 4.68. The van der Waals surface area contributed by atoms with Crippen molar-refractivity contribution >= 4 is 34.9 Å². The van der Waals surface area contributed by atoms with Crippen LogP contribution in [-0.4, -0.2) is 42.6 Å². The highest BCUT2D eigenvalue weighted by molar-refractivity contribution is 6.31. The number of nitrogens with zero attached hydrogens (tertiary/aromatic N) is 2. The van der Waals surface area contributed by atoms with Crippen molar-refractivity contribution in [1.82, 2.24) is 4.90 Å². The molecule has 1 saturated heterocycles. The molecule has 1 atom stereocenters. The van der Waals surface area contributed by atoms with E-state index in [1.54, 1.807) is 28.0 Å². The fourth-order valence-electron chi connectivity index (χ4n) is 3.92. The van der Waals surface area contributed by atoms with Crippen LogP contribution in [0.3, 0.4) is 0 Å². The Morgan fingerprint density at radius 3 is 2.58 bits per heavy atom. The maximum Gasteiger partial charge on any atom is 0.324 e. The van der Waals surface area contributed by atoms with Crippen LogP contribution in [0.25, 0.3) is 0 Å². The number of carbonyl (C=O) groups excluding carboxylic acids is 2. The Labute approximate surface area is 183 Å². The third-order valence-electron chi connectivity index (χ3n) is 5.54. The molecule has 2 aliphatic heterocycles. The van der Waals surface area contributed by atoms with Gasteiger partial charge in [0.25, 0.3) is 0 Å². The molecular weight excluding hydrogens is 428 g/mol. The van der Waals surface area contributed by atoms with Crippen molar-refractivity contribution in [2.45, 2.75) is 25.9 Å². The van der Waals surface area contributed by atoms with Crippen LogP contribution in [0.5, 0.6) is 5.75 Å². The van der Waals surface area contributed by atoms with Gasteiger partial charge in [-0.25, -0.2) is 13.6 Å². The van der Waals surface area contributed by atoms with E-state index >= 15 is 0 Å². The van der Waals surface area contributed by atoms with Crippen LogP contribution < -0.4 is 15.0 Å². The Kier molecular flexibility index (Phi) is 6.00. The van der Waals surface area contributed by atoms with Crippen LogP contribution in [0.2, 0.25) is 5.02 Å². The van der Waals surface area contributed by atoms with E-state index < -0.39 is 11.6 Å². The van der Waals surface area contributed by atoms with Crippen LogP contribution in [0, 0.1) is 17.6 Å². The second kappa shape index (κ2) is 8.70. The van der Waals surface area contributed by atoms with Gasteiger partial charge in [-0.1, -0.05) is 11.6 Å². The lowest BCUT2D eigenvalue weighted by molar-refractivity contribution is -0.121. The first-order valence-electron chi connectivity index (χ1n) is 10.1. The number of halogens is 3. The molecule has 2 aromatic carbocycles. The molecule has 4 rings (SSSR count). The number of nitrogens with one attached hydrogen (secondary N) is 1.